The van der Waals surface area contributed by atoms with Gasteiger partial charge in [-0.3, -0.25) is 9.59 Å². The summed E-state index contributed by atoms with van der Waals surface area (Å²) in [6, 6.07) is 12.9. The smallest absolute Gasteiger partial charge is 0.260 e. The monoisotopic (exact) mass is 285 g/mol. The van der Waals surface area contributed by atoms with Crippen molar-refractivity contribution in [2.24, 2.45) is 5.73 Å². The van der Waals surface area contributed by atoms with E-state index in [9.17, 15) is 9.59 Å². The van der Waals surface area contributed by atoms with Gasteiger partial charge in [0.15, 0.2) is 0 Å². The summed E-state index contributed by atoms with van der Waals surface area (Å²) in [5.74, 6) is -0.269. The second-order valence-electron chi connectivity index (χ2n) is 4.77. The lowest BCUT2D eigenvalue weighted by atomic mass is 10.1. The zero-order chi connectivity index (χ0) is 15.1. The van der Waals surface area contributed by atoms with Crippen LogP contribution in [0.4, 0.5) is 0 Å². The summed E-state index contributed by atoms with van der Waals surface area (Å²) in [5.41, 5.74) is 6.35. The van der Waals surface area contributed by atoms with E-state index in [0.29, 0.717) is 26.1 Å². The van der Waals surface area contributed by atoms with Crippen molar-refractivity contribution in [3.05, 3.63) is 70.1 Å². The Hall–Kier alpha value is -2.40. The van der Waals surface area contributed by atoms with Crippen LogP contribution in [-0.4, -0.2) is 28.9 Å². The van der Waals surface area contributed by atoms with E-state index in [2.05, 4.69) is 4.98 Å². The quantitative estimate of drug-likeness (QED) is 0.841. The number of rotatable bonds is 6. The normalized spacial score (nSPS) is 10.3. The molecule has 0 fully saturated rings. The average molecular weight is 285 g/mol. The third-order valence-corrected chi connectivity index (χ3v) is 3.18. The third-order valence-electron chi connectivity index (χ3n) is 3.18. The van der Waals surface area contributed by atoms with Crippen LogP contribution in [0.2, 0.25) is 0 Å². The van der Waals surface area contributed by atoms with Crippen molar-refractivity contribution in [3.63, 3.8) is 0 Å². The number of carbonyl (C=O) groups is 1. The van der Waals surface area contributed by atoms with Gasteiger partial charge in [0.25, 0.3) is 11.5 Å². The molecule has 1 amide bonds. The molecule has 110 valence electrons. The largest absolute Gasteiger partial charge is 0.334 e. The van der Waals surface area contributed by atoms with Crippen molar-refractivity contribution >= 4 is 5.91 Å². The number of hydrogen-bond donors (Lipinski definition) is 2. The maximum Gasteiger partial charge on any atom is 0.260 e. The van der Waals surface area contributed by atoms with Gasteiger partial charge in [0.2, 0.25) is 0 Å². The molecule has 5 heteroatoms. The molecule has 2 rings (SSSR count). The van der Waals surface area contributed by atoms with Crippen LogP contribution in [0.3, 0.4) is 0 Å². The van der Waals surface area contributed by atoms with Crippen LogP contribution in [0, 0.1) is 0 Å². The molecular formula is C16H19N3O2. The fraction of sp³-hybridized carbons (Fsp3) is 0.250. The van der Waals surface area contributed by atoms with Gasteiger partial charge in [-0.2, -0.15) is 0 Å². The standard InChI is InChI=1S/C16H19N3O2/c17-9-5-11-19(12-13-6-2-1-3-7-13)16(21)14-8-4-10-18-15(14)20/h1-4,6-8,10H,5,9,11-12,17H2,(H,18,20). The molecule has 21 heavy (non-hydrogen) atoms. The maximum absolute atomic E-state index is 12.5. The van der Waals surface area contributed by atoms with E-state index in [1.54, 1.807) is 17.0 Å². The lowest BCUT2D eigenvalue weighted by Gasteiger charge is -2.22. The first-order chi connectivity index (χ1) is 10.2. The van der Waals surface area contributed by atoms with Crippen molar-refractivity contribution in [1.82, 2.24) is 9.88 Å². The van der Waals surface area contributed by atoms with Crippen molar-refractivity contribution in [3.8, 4) is 0 Å². The number of nitrogens with zero attached hydrogens (tertiary/aromatic N) is 1. The molecule has 0 saturated carbocycles. The van der Waals surface area contributed by atoms with Crippen LogP contribution in [0.25, 0.3) is 0 Å². The number of pyridine rings is 1. The highest BCUT2D eigenvalue weighted by atomic mass is 16.2. The zero-order valence-electron chi connectivity index (χ0n) is 11.8. The molecular weight excluding hydrogens is 266 g/mol. The molecule has 2 aromatic rings. The van der Waals surface area contributed by atoms with E-state index < -0.39 is 0 Å². The van der Waals surface area contributed by atoms with Gasteiger partial charge in [0.1, 0.15) is 5.56 Å². The third kappa shape index (κ3) is 4.03. The molecule has 5 nitrogen and oxygen atoms in total. The van der Waals surface area contributed by atoms with E-state index in [1.807, 2.05) is 30.3 Å². The van der Waals surface area contributed by atoms with Gasteiger partial charge < -0.3 is 15.6 Å². The molecule has 1 aromatic heterocycles. The fourth-order valence-corrected chi connectivity index (χ4v) is 2.10. The van der Waals surface area contributed by atoms with Crippen molar-refractivity contribution in [2.75, 3.05) is 13.1 Å². The Labute approximate surface area is 123 Å². The summed E-state index contributed by atoms with van der Waals surface area (Å²) in [4.78, 5) is 28.5. The second kappa shape index (κ2) is 7.40. The minimum Gasteiger partial charge on any atom is -0.334 e. The highest BCUT2D eigenvalue weighted by molar-refractivity contribution is 5.93. The number of aromatic amines is 1. The molecule has 1 aromatic carbocycles. The fourth-order valence-electron chi connectivity index (χ4n) is 2.10. The van der Waals surface area contributed by atoms with Crippen LogP contribution in [0.1, 0.15) is 22.3 Å². The predicted molar refractivity (Wildman–Crippen MR) is 81.9 cm³/mol. The number of H-pyrrole nitrogens is 1. The Kier molecular flexibility index (Phi) is 5.29. The number of nitrogens with one attached hydrogen (secondary N) is 1. The number of aromatic nitrogens is 1. The number of hydrogen-bond acceptors (Lipinski definition) is 3. The highest BCUT2D eigenvalue weighted by Gasteiger charge is 2.18. The van der Waals surface area contributed by atoms with E-state index >= 15 is 0 Å². The lowest BCUT2D eigenvalue weighted by Crippen LogP contribution is -2.35. The minimum absolute atomic E-state index is 0.158. The number of carbonyl (C=O) groups excluding carboxylic acids is 1. The van der Waals surface area contributed by atoms with Gasteiger partial charge in [-0.1, -0.05) is 30.3 Å². The molecule has 0 unspecified atom stereocenters. The molecule has 0 aliphatic rings. The molecule has 0 aliphatic heterocycles. The van der Waals surface area contributed by atoms with Gasteiger partial charge in [-0.25, -0.2) is 0 Å². The predicted octanol–water partition coefficient (Wildman–Crippen LogP) is 1.37. The van der Waals surface area contributed by atoms with Crippen molar-refractivity contribution in [1.29, 1.82) is 0 Å². The first-order valence-corrected chi connectivity index (χ1v) is 6.93. The summed E-state index contributed by atoms with van der Waals surface area (Å²) >= 11 is 0. The molecule has 1 heterocycles. The van der Waals surface area contributed by atoms with Crippen LogP contribution in [-0.2, 0) is 6.54 Å². The first-order valence-electron chi connectivity index (χ1n) is 6.93. The van der Waals surface area contributed by atoms with Crippen LogP contribution in [0.5, 0.6) is 0 Å². The Morgan fingerprint density at radius 2 is 1.90 bits per heavy atom. The van der Waals surface area contributed by atoms with Crippen LogP contribution >= 0.6 is 0 Å². The number of amides is 1. The van der Waals surface area contributed by atoms with Gasteiger partial charge in [-0.05, 0) is 30.7 Å². The van der Waals surface area contributed by atoms with Gasteiger partial charge in [0.05, 0.1) is 0 Å². The van der Waals surface area contributed by atoms with Gasteiger partial charge in [-0.15, -0.1) is 0 Å². The first kappa shape index (κ1) is 15.0. The van der Waals surface area contributed by atoms with E-state index in [1.165, 1.54) is 6.20 Å². The van der Waals surface area contributed by atoms with E-state index in [-0.39, 0.29) is 17.0 Å². The Balaban J connectivity index is 2.21. The Morgan fingerprint density at radius 1 is 1.14 bits per heavy atom. The second-order valence-corrected chi connectivity index (χ2v) is 4.77. The summed E-state index contributed by atoms with van der Waals surface area (Å²) in [5, 5.41) is 0. The Bertz CT molecular complexity index is 637. The molecule has 0 saturated heterocycles. The number of nitrogens with two attached hydrogens (primary N) is 1. The summed E-state index contributed by atoms with van der Waals surface area (Å²) < 4.78 is 0. The van der Waals surface area contributed by atoms with E-state index in [4.69, 9.17) is 5.73 Å². The molecule has 0 spiro atoms. The Morgan fingerprint density at radius 3 is 2.57 bits per heavy atom. The van der Waals surface area contributed by atoms with Gasteiger partial charge >= 0.3 is 0 Å². The lowest BCUT2D eigenvalue weighted by molar-refractivity contribution is 0.0740. The number of benzene rings is 1. The van der Waals surface area contributed by atoms with Crippen LogP contribution < -0.4 is 11.3 Å². The zero-order valence-corrected chi connectivity index (χ0v) is 11.8. The SMILES string of the molecule is NCCCN(Cc1ccccc1)C(=O)c1ccc[nH]c1=O. The molecule has 0 bridgehead atoms. The topological polar surface area (TPSA) is 79.2 Å². The summed E-state index contributed by atoms with van der Waals surface area (Å²) in [6.45, 7) is 1.50. The molecule has 0 atom stereocenters. The van der Waals surface area contributed by atoms with E-state index in [0.717, 1.165) is 5.56 Å². The molecule has 0 radical (unpaired) electrons. The van der Waals surface area contributed by atoms with Crippen LogP contribution in [0.15, 0.2) is 53.5 Å². The molecule has 3 N–H and O–H groups in total. The van der Waals surface area contributed by atoms with Crippen molar-refractivity contribution < 1.29 is 4.79 Å². The molecule has 0 aliphatic carbocycles. The van der Waals surface area contributed by atoms with Crippen molar-refractivity contribution in [2.45, 2.75) is 13.0 Å². The average Bonchev–Trinajstić information content (AvgIpc) is 2.52. The summed E-state index contributed by atoms with van der Waals surface area (Å²) in [7, 11) is 0. The highest BCUT2D eigenvalue weighted by Crippen LogP contribution is 2.08. The summed E-state index contributed by atoms with van der Waals surface area (Å²) in [6.07, 6.45) is 2.21. The van der Waals surface area contributed by atoms with Gasteiger partial charge in [0, 0.05) is 19.3 Å². The minimum atomic E-state index is -0.367. The maximum atomic E-state index is 12.5.